The second-order valence-corrected chi connectivity index (χ2v) is 8.54. The highest BCUT2D eigenvalue weighted by Crippen LogP contribution is 2.23. The lowest BCUT2D eigenvalue weighted by Crippen LogP contribution is -2.47. The van der Waals surface area contributed by atoms with Crippen LogP contribution in [0.2, 0.25) is 0 Å². The minimum atomic E-state index is -0.0718. The lowest BCUT2D eigenvalue weighted by molar-refractivity contribution is -0.131. The molecule has 4 rings (SSSR count). The molecule has 2 aliphatic rings. The lowest BCUT2D eigenvalue weighted by atomic mass is 10.0. The first kappa shape index (κ1) is 22.1. The Hall–Kier alpha value is -3.09. The number of rotatable bonds is 6. The molecule has 170 valence electrons. The summed E-state index contributed by atoms with van der Waals surface area (Å²) >= 11 is 0. The fourth-order valence-corrected chi connectivity index (χ4v) is 4.59. The number of hydrogen-bond donors (Lipinski definition) is 1. The number of piperidine rings is 2. The monoisotopic (exact) mass is 436 g/mol. The zero-order valence-electron chi connectivity index (χ0n) is 18.8. The fourth-order valence-electron chi connectivity index (χ4n) is 4.59. The highest BCUT2D eigenvalue weighted by Gasteiger charge is 2.26. The van der Waals surface area contributed by atoms with Crippen molar-refractivity contribution in [3.8, 4) is 5.75 Å². The van der Waals surface area contributed by atoms with Crippen molar-refractivity contribution in [2.45, 2.75) is 44.6 Å². The molecule has 2 aromatic rings. The van der Waals surface area contributed by atoms with Crippen LogP contribution in [-0.4, -0.2) is 61.0 Å². The predicted octanol–water partition coefficient (Wildman–Crippen LogP) is 3.04. The average molecular weight is 437 g/mol. The van der Waals surface area contributed by atoms with Crippen LogP contribution >= 0.6 is 0 Å². The third-order valence-electron chi connectivity index (χ3n) is 6.40. The summed E-state index contributed by atoms with van der Waals surface area (Å²) < 4.78 is 5.36. The highest BCUT2D eigenvalue weighted by atomic mass is 16.5. The first-order chi connectivity index (χ1) is 15.7. The number of amides is 2. The smallest absolute Gasteiger partial charge is 0.255 e. The van der Waals surface area contributed by atoms with Gasteiger partial charge in [-0.2, -0.15) is 0 Å². The molecule has 1 aromatic heterocycles. The number of carbonyl (C=O) groups is 2. The number of nitrogens with zero attached hydrogens (tertiary/aromatic N) is 3. The molecular weight excluding hydrogens is 404 g/mol. The van der Waals surface area contributed by atoms with Crippen LogP contribution in [0.15, 0.2) is 42.6 Å². The Balaban J connectivity index is 1.31. The van der Waals surface area contributed by atoms with E-state index < -0.39 is 0 Å². The van der Waals surface area contributed by atoms with E-state index in [9.17, 15) is 9.59 Å². The Labute approximate surface area is 189 Å². The van der Waals surface area contributed by atoms with Gasteiger partial charge in [-0.25, -0.2) is 4.98 Å². The minimum absolute atomic E-state index is 0.0622. The van der Waals surface area contributed by atoms with Crippen LogP contribution in [0.4, 0.5) is 5.82 Å². The standard InChI is InChI=1S/C25H32N4O3/c1-32-22-10-4-3-8-19(22)18-23(30)28-16-11-20(12-17-28)27-25(31)21-9-7-13-26-24(21)29-14-5-2-6-15-29/h3-4,7-10,13,20H,2,5-6,11-12,14-18H2,1H3,(H,27,31). The number of pyridine rings is 1. The Morgan fingerprint density at radius 3 is 2.53 bits per heavy atom. The average Bonchev–Trinajstić information content (AvgIpc) is 2.85. The molecule has 0 atom stereocenters. The predicted molar refractivity (Wildman–Crippen MR) is 124 cm³/mol. The normalized spacial score (nSPS) is 17.2. The van der Waals surface area contributed by atoms with Gasteiger partial charge in [0.1, 0.15) is 11.6 Å². The van der Waals surface area contributed by atoms with Crippen LogP contribution in [-0.2, 0) is 11.2 Å². The second-order valence-electron chi connectivity index (χ2n) is 8.54. The zero-order chi connectivity index (χ0) is 22.3. The number of para-hydroxylation sites is 1. The van der Waals surface area contributed by atoms with Crippen LogP contribution < -0.4 is 15.0 Å². The summed E-state index contributed by atoms with van der Waals surface area (Å²) in [4.78, 5) is 34.4. The van der Waals surface area contributed by atoms with Gasteiger partial charge < -0.3 is 19.9 Å². The molecule has 32 heavy (non-hydrogen) atoms. The van der Waals surface area contributed by atoms with E-state index in [-0.39, 0.29) is 17.9 Å². The van der Waals surface area contributed by atoms with E-state index in [2.05, 4.69) is 15.2 Å². The largest absolute Gasteiger partial charge is 0.496 e. The summed E-state index contributed by atoms with van der Waals surface area (Å²) in [6, 6.07) is 11.4. The number of hydrogen-bond acceptors (Lipinski definition) is 5. The first-order valence-corrected chi connectivity index (χ1v) is 11.6. The summed E-state index contributed by atoms with van der Waals surface area (Å²) in [7, 11) is 1.62. The van der Waals surface area contributed by atoms with Crippen molar-refractivity contribution < 1.29 is 14.3 Å². The summed E-state index contributed by atoms with van der Waals surface area (Å²) in [5.41, 5.74) is 1.54. The minimum Gasteiger partial charge on any atom is -0.496 e. The molecule has 1 aromatic carbocycles. The van der Waals surface area contributed by atoms with Gasteiger partial charge in [0.25, 0.3) is 5.91 Å². The number of ether oxygens (including phenoxy) is 1. The maximum absolute atomic E-state index is 13.0. The lowest BCUT2D eigenvalue weighted by Gasteiger charge is -2.33. The maximum atomic E-state index is 13.0. The first-order valence-electron chi connectivity index (χ1n) is 11.6. The van der Waals surface area contributed by atoms with Gasteiger partial charge in [-0.15, -0.1) is 0 Å². The van der Waals surface area contributed by atoms with Crippen molar-refractivity contribution in [3.63, 3.8) is 0 Å². The van der Waals surface area contributed by atoms with Crippen LogP contribution in [0.25, 0.3) is 0 Å². The number of benzene rings is 1. The molecule has 1 N–H and O–H groups in total. The van der Waals surface area contributed by atoms with Crippen LogP contribution in [0, 0.1) is 0 Å². The van der Waals surface area contributed by atoms with Crippen LogP contribution in [0.1, 0.15) is 48.0 Å². The second kappa shape index (κ2) is 10.5. The van der Waals surface area contributed by atoms with Crippen molar-refractivity contribution in [2.24, 2.45) is 0 Å². The summed E-state index contributed by atoms with van der Waals surface area (Å²) in [5, 5.41) is 3.18. The number of aromatic nitrogens is 1. The van der Waals surface area contributed by atoms with Gasteiger partial charge in [-0.1, -0.05) is 18.2 Å². The molecule has 0 bridgehead atoms. The SMILES string of the molecule is COc1ccccc1CC(=O)N1CCC(NC(=O)c2cccnc2N2CCCCC2)CC1. The molecule has 0 radical (unpaired) electrons. The van der Waals surface area contributed by atoms with Gasteiger partial charge >= 0.3 is 0 Å². The van der Waals surface area contributed by atoms with Gasteiger partial charge in [0.05, 0.1) is 19.1 Å². The molecule has 0 spiro atoms. The molecule has 7 heteroatoms. The van der Waals surface area contributed by atoms with E-state index in [4.69, 9.17) is 4.74 Å². The maximum Gasteiger partial charge on any atom is 0.255 e. The number of anilines is 1. The van der Waals surface area contributed by atoms with Gasteiger partial charge in [0, 0.05) is 44.0 Å². The summed E-state index contributed by atoms with van der Waals surface area (Å²) in [5.74, 6) is 1.55. The molecule has 0 unspecified atom stereocenters. The Kier molecular flexibility index (Phi) is 7.24. The van der Waals surface area contributed by atoms with E-state index in [0.29, 0.717) is 25.1 Å². The number of nitrogens with one attached hydrogen (secondary N) is 1. The summed E-state index contributed by atoms with van der Waals surface area (Å²) in [6.07, 6.45) is 7.10. The Bertz CT molecular complexity index is 934. The van der Waals surface area contributed by atoms with Gasteiger partial charge in [0.2, 0.25) is 5.91 Å². The topological polar surface area (TPSA) is 74.8 Å². The zero-order valence-corrected chi connectivity index (χ0v) is 18.8. The van der Waals surface area contributed by atoms with Gasteiger partial charge in [-0.3, -0.25) is 9.59 Å². The van der Waals surface area contributed by atoms with E-state index in [1.807, 2.05) is 41.3 Å². The summed E-state index contributed by atoms with van der Waals surface area (Å²) in [6.45, 7) is 3.18. The molecule has 2 fully saturated rings. The third-order valence-corrected chi connectivity index (χ3v) is 6.40. The highest BCUT2D eigenvalue weighted by molar-refractivity contribution is 5.99. The quantitative estimate of drug-likeness (QED) is 0.753. The van der Waals surface area contributed by atoms with Crippen molar-refractivity contribution >= 4 is 17.6 Å². The molecule has 2 aliphatic heterocycles. The number of carbonyl (C=O) groups excluding carboxylic acids is 2. The van der Waals surface area contributed by atoms with E-state index in [1.54, 1.807) is 13.3 Å². The van der Waals surface area contributed by atoms with Crippen LogP contribution in [0.5, 0.6) is 5.75 Å². The van der Waals surface area contributed by atoms with Crippen molar-refractivity contribution in [1.82, 2.24) is 15.2 Å². The van der Waals surface area contributed by atoms with Gasteiger partial charge in [0.15, 0.2) is 0 Å². The van der Waals surface area contributed by atoms with E-state index >= 15 is 0 Å². The molecular formula is C25H32N4O3. The van der Waals surface area contributed by atoms with Crippen molar-refractivity contribution in [2.75, 3.05) is 38.2 Å². The van der Waals surface area contributed by atoms with E-state index in [1.165, 1.54) is 6.42 Å². The molecule has 2 saturated heterocycles. The molecule has 0 aliphatic carbocycles. The molecule has 7 nitrogen and oxygen atoms in total. The Morgan fingerprint density at radius 2 is 1.78 bits per heavy atom. The van der Waals surface area contributed by atoms with E-state index in [0.717, 1.165) is 55.9 Å². The third kappa shape index (κ3) is 5.21. The van der Waals surface area contributed by atoms with Crippen molar-refractivity contribution in [3.05, 3.63) is 53.7 Å². The fraction of sp³-hybridized carbons (Fsp3) is 0.480. The number of likely N-dealkylation sites (tertiary alicyclic amines) is 1. The molecule has 0 saturated carbocycles. The van der Waals surface area contributed by atoms with Gasteiger partial charge in [-0.05, 0) is 50.3 Å². The molecule has 3 heterocycles. The number of methoxy groups -OCH3 is 1. The molecule has 2 amide bonds. The Morgan fingerprint density at radius 1 is 1.03 bits per heavy atom. The van der Waals surface area contributed by atoms with Crippen LogP contribution in [0.3, 0.4) is 0 Å². The van der Waals surface area contributed by atoms with Crippen molar-refractivity contribution in [1.29, 1.82) is 0 Å².